The lowest BCUT2D eigenvalue weighted by atomic mass is 9.98. The molecule has 0 bridgehead atoms. The number of phenolic OH excluding ortho intramolecular Hbond substituents is 1. The second-order valence-electron chi connectivity index (χ2n) is 5.76. The van der Waals surface area contributed by atoms with Crippen molar-refractivity contribution in [3.63, 3.8) is 0 Å². The Balaban J connectivity index is 1.93. The lowest BCUT2D eigenvalue weighted by Gasteiger charge is -2.28. The average Bonchev–Trinajstić information content (AvgIpc) is 2.86. The molecule has 0 fully saturated rings. The number of hydrogen-bond acceptors (Lipinski definition) is 3. The second kappa shape index (κ2) is 5.78. The molecule has 0 radical (unpaired) electrons. The fourth-order valence-electron chi connectivity index (χ4n) is 3.31. The Morgan fingerprint density at radius 1 is 1.24 bits per heavy atom. The van der Waals surface area contributed by atoms with E-state index in [0.29, 0.717) is 18.2 Å². The van der Waals surface area contributed by atoms with Gasteiger partial charge in [-0.1, -0.05) is 30.3 Å². The highest BCUT2D eigenvalue weighted by molar-refractivity contribution is 5.61. The SMILES string of the molecule is CC(c1cccc(O)c1)N1CC(CCN)c2ccccc21. The van der Waals surface area contributed by atoms with Gasteiger partial charge in [0.1, 0.15) is 5.75 Å². The van der Waals surface area contributed by atoms with E-state index in [9.17, 15) is 5.11 Å². The van der Waals surface area contributed by atoms with E-state index in [1.807, 2.05) is 12.1 Å². The minimum absolute atomic E-state index is 0.237. The monoisotopic (exact) mass is 282 g/mol. The molecule has 2 unspecified atom stereocenters. The number of phenols is 1. The van der Waals surface area contributed by atoms with Gasteiger partial charge in [-0.2, -0.15) is 0 Å². The van der Waals surface area contributed by atoms with Crippen LogP contribution in [0.25, 0.3) is 0 Å². The Labute approximate surface area is 126 Å². The second-order valence-corrected chi connectivity index (χ2v) is 5.76. The molecule has 3 nitrogen and oxygen atoms in total. The number of rotatable bonds is 4. The van der Waals surface area contributed by atoms with E-state index in [1.54, 1.807) is 6.07 Å². The lowest BCUT2D eigenvalue weighted by molar-refractivity contribution is 0.473. The Kier molecular flexibility index (Phi) is 3.84. The van der Waals surface area contributed by atoms with Crippen LogP contribution in [0.2, 0.25) is 0 Å². The van der Waals surface area contributed by atoms with Crippen LogP contribution in [0.1, 0.15) is 36.4 Å². The van der Waals surface area contributed by atoms with Crippen molar-refractivity contribution in [1.29, 1.82) is 0 Å². The maximum Gasteiger partial charge on any atom is 0.115 e. The molecule has 3 rings (SSSR count). The zero-order chi connectivity index (χ0) is 14.8. The summed E-state index contributed by atoms with van der Waals surface area (Å²) in [5.41, 5.74) is 9.60. The van der Waals surface area contributed by atoms with E-state index in [4.69, 9.17) is 5.73 Å². The van der Waals surface area contributed by atoms with Gasteiger partial charge in [0.2, 0.25) is 0 Å². The molecule has 21 heavy (non-hydrogen) atoms. The normalized spacial score (nSPS) is 18.6. The van der Waals surface area contributed by atoms with Crippen molar-refractivity contribution in [3.8, 4) is 5.75 Å². The molecule has 0 spiro atoms. The summed E-state index contributed by atoms with van der Waals surface area (Å²) >= 11 is 0. The highest BCUT2D eigenvalue weighted by Gasteiger charge is 2.30. The lowest BCUT2D eigenvalue weighted by Crippen LogP contribution is -2.26. The summed E-state index contributed by atoms with van der Waals surface area (Å²) in [5, 5.41) is 9.70. The Morgan fingerprint density at radius 3 is 2.81 bits per heavy atom. The maximum absolute atomic E-state index is 9.70. The van der Waals surface area contributed by atoms with Crippen LogP contribution in [-0.2, 0) is 0 Å². The van der Waals surface area contributed by atoms with Crippen molar-refractivity contribution in [2.24, 2.45) is 5.73 Å². The van der Waals surface area contributed by atoms with Gasteiger partial charge in [-0.05, 0) is 49.2 Å². The van der Waals surface area contributed by atoms with Crippen molar-refractivity contribution in [2.75, 3.05) is 18.0 Å². The molecule has 0 aromatic heterocycles. The molecule has 2 aromatic rings. The standard InChI is InChI=1S/C18H22N2O/c1-13(14-5-4-6-16(21)11-14)20-12-15(9-10-19)17-7-2-3-8-18(17)20/h2-8,11,13,15,21H,9-10,12,19H2,1H3. The van der Waals surface area contributed by atoms with E-state index >= 15 is 0 Å². The van der Waals surface area contributed by atoms with Crippen LogP contribution < -0.4 is 10.6 Å². The highest BCUT2D eigenvalue weighted by Crippen LogP contribution is 2.42. The fraction of sp³-hybridized carbons (Fsp3) is 0.333. The molecule has 3 heteroatoms. The summed E-state index contributed by atoms with van der Waals surface area (Å²) in [5.74, 6) is 0.830. The van der Waals surface area contributed by atoms with Crippen LogP contribution in [0.3, 0.4) is 0 Å². The Bertz CT molecular complexity index is 626. The molecule has 3 N–H and O–H groups in total. The Morgan fingerprint density at radius 2 is 2.05 bits per heavy atom. The fourth-order valence-corrected chi connectivity index (χ4v) is 3.31. The zero-order valence-electron chi connectivity index (χ0n) is 12.4. The van der Waals surface area contributed by atoms with Gasteiger partial charge in [0, 0.05) is 18.2 Å². The van der Waals surface area contributed by atoms with Crippen molar-refractivity contribution in [3.05, 3.63) is 59.7 Å². The van der Waals surface area contributed by atoms with Gasteiger partial charge < -0.3 is 15.7 Å². The quantitative estimate of drug-likeness (QED) is 0.903. The van der Waals surface area contributed by atoms with Crippen LogP contribution in [0.15, 0.2) is 48.5 Å². The first-order chi connectivity index (χ1) is 10.2. The van der Waals surface area contributed by atoms with E-state index in [0.717, 1.165) is 18.5 Å². The van der Waals surface area contributed by atoms with Crippen LogP contribution in [-0.4, -0.2) is 18.2 Å². The first-order valence-corrected chi connectivity index (χ1v) is 7.55. The van der Waals surface area contributed by atoms with Crippen LogP contribution in [0, 0.1) is 0 Å². The molecule has 0 saturated heterocycles. The zero-order valence-corrected chi connectivity index (χ0v) is 12.4. The summed E-state index contributed by atoms with van der Waals surface area (Å²) in [6, 6.07) is 16.4. The molecular weight excluding hydrogens is 260 g/mol. The van der Waals surface area contributed by atoms with Crippen molar-refractivity contribution in [1.82, 2.24) is 0 Å². The summed E-state index contributed by atoms with van der Waals surface area (Å²) in [4.78, 5) is 2.42. The third-order valence-corrected chi connectivity index (χ3v) is 4.44. The van der Waals surface area contributed by atoms with Crippen molar-refractivity contribution < 1.29 is 5.11 Å². The van der Waals surface area contributed by atoms with Gasteiger partial charge in [-0.3, -0.25) is 0 Å². The van der Waals surface area contributed by atoms with Gasteiger partial charge in [-0.15, -0.1) is 0 Å². The van der Waals surface area contributed by atoms with Gasteiger partial charge in [0.15, 0.2) is 0 Å². The predicted molar refractivity (Wildman–Crippen MR) is 86.7 cm³/mol. The summed E-state index contributed by atoms with van der Waals surface area (Å²) in [6.45, 7) is 3.90. The summed E-state index contributed by atoms with van der Waals surface area (Å²) < 4.78 is 0. The Hall–Kier alpha value is -2.00. The third kappa shape index (κ3) is 2.61. The maximum atomic E-state index is 9.70. The molecule has 1 heterocycles. The number of hydrogen-bond donors (Lipinski definition) is 2. The minimum Gasteiger partial charge on any atom is -0.508 e. The molecule has 2 atom stereocenters. The number of fused-ring (bicyclic) bond motifs is 1. The van der Waals surface area contributed by atoms with Gasteiger partial charge in [-0.25, -0.2) is 0 Å². The van der Waals surface area contributed by atoms with E-state index in [2.05, 4.69) is 42.2 Å². The predicted octanol–water partition coefficient (Wildman–Crippen LogP) is 3.41. The first kappa shape index (κ1) is 14.0. The van der Waals surface area contributed by atoms with E-state index < -0.39 is 0 Å². The summed E-state index contributed by atoms with van der Waals surface area (Å²) in [7, 11) is 0. The number of anilines is 1. The molecule has 1 aliphatic rings. The molecule has 0 saturated carbocycles. The van der Waals surface area contributed by atoms with Crippen LogP contribution in [0.4, 0.5) is 5.69 Å². The number of nitrogens with two attached hydrogens (primary N) is 1. The van der Waals surface area contributed by atoms with Gasteiger partial charge in [0.05, 0.1) is 6.04 Å². The molecule has 2 aromatic carbocycles. The number of aromatic hydroxyl groups is 1. The molecular formula is C18H22N2O. The highest BCUT2D eigenvalue weighted by atomic mass is 16.3. The molecule has 1 aliphatic heterocycles. The minimum atomic E-state index is 0.237. The van der Waals surface area contributed by atoms with E-state index in [-0.39, 0.29) is 6.04 Å². The summed E-state index contributed by atoms with van der Waals surface area (Å²) in [6.07, 6.45) is 1.01. The van der Waals surface area contributed by atoms with Gasteiger partial charge in [0.25, 0.3) is 0 Å². The largest absolute Gasteiger partial charge is 0.508 e. The van der Waals surface area contributed by atoms with E-state index in [1.165, 1.54) is 11.3 Å². The van der Waals surface area contributed by atoms with Crippen molar-refractivity contribution in [2.45, 2.75) is 25.3 Å². The molecule has 110 valence electrons. The van der Waals surface area contributed by atoms with Crippen LogP contribution in [0.5, 0.6) is 5.75 Å². The number of nitrogens with zero attached hydrogens (tertiary/aromatic N) is 1. The topological polar surface area (TPSA) is 49.5 Å². The average molecular weight is 282 g/mol. The van der Waals surface area contributed by atoms with Gasteiger partial charge >= 0.3 is 0 Å². The number of para-hydroxylation sites is 1. The smallest absolute Gasteiger partial charge is 0.115 e. The first-order valence-electron chi connectivity index (χ1n) is 7.55. The van der Waals surface area contributed by atoms with Crippen molar-refractivity contribution >= 4 is 5.69 Å². The van der Waals surface area contributed by atoms with Crippen LogP contribution >= 0.6 is 0 Å². The third-order valence-electron chi connectivity index (χ3n) is 4.44. The number of benzene rings is 2. The molecule has 0 amide bonds. The molecule has 0 aliphatic carbocycles.